The summed E-state index contributed by atoms with van der Waals surface area (Å²) in [6.45, 7) is 7.34. The molecule has 8 nitrogen and oxygen atoms in total. The number of hydrogen-bond donors (Lipinski definition) is 0. The summed E-state index contributed by atoms with van der Waals surface area (Å²) in [5.41, 5.74) is 4.34. The smallest absolute Gasteiger partial charge is 0.258 e. The van der Waals surface area contributed by atoms with Gasteiger partial charge in [0.2, 0.25) is 0 Å². The van der Waals surface area contributed by atoms with Gasteiger partial charge in [-0.05, 0) is 35.4 Å². The normalized spacial score (nSPS) is 10.8. The van der Waals surface area contributed by atoms with Crippen LogP contribution in [0.15, 0.2) is 48.5 Å². The first-order chi connectivity index (χ1) is 13.3. The van der Waals surface area contributed by atoms with E-state index in [0.29, 0.717) is 13.1 Å². The van der Waals surface area contributed by atoms with Crippen molar-refractivity contribution in [3.05, 3.63) is 97.1 Å². The third kappa shape index (κ3) is 3.75. The molecule has 144 valence electrons. The zero-order valence-corrected chi connectivity index (χ0v) is 16.0. The van der Waals surface area contributed by atoms with Crippen LogP contribution in [0.25, 0.3) is 0 Å². The van der Waals surface area contributed by atoms with Crippen LogP contribution in [0, 0.1) is 41.0 Å². The number of rotatable bonds is 6. The predicted octanol–water partition coefficient (Wildman–Crippen LogP) is 3.61. The molecule has 0 spiro atoms. The lowest BCUT2D eigenvalue weighted by Gasteiger charge is -2.04. The van der Waals surface area contributed by atoms with E-state index in [1.54, 1.807) is 24.3 Å². The number of hydrogen-bond acceptors (Lipinski definition) is 4. The van der Waals surface area contributed by atoms with E-state index in [0.717, 1.165) is 28.3 Å². The van der Waals surface area contributed by atoms with Crippen LogP contribution < -0.4 is 4.57 Å². The molecule has 0 aliphatic carbocycles. The minimum Gasteiger partial charge on any atom is -0.258 e. The van der Waals surface area contributed by atoms with Gasteiger partial charge in [0, 0.05) is 45.0 Å². The highest BCUT2D eigenvalue weighted by Gasteiger charge is 2.23. The lowest BCUT2D eigenvalue weighted by molar-refractivity contribution is -0.699. The SMILES string of the molecule is Cc1c(C)[n+](Cc2ccc([N+](=O)[O-])cc2)c(C)n1Cc1ccc([N+](=O)[O-])cc1. The molecule has 0 bridgehead atoms. The number of benzene rings is 2. The van der Waals surface area contributed by atoms with Crippen LogP contribution in [0.5, 0.6) is 0 Å². The van der Waals surface area contributed by atoms with E-state index >= 15 is 0 Å². The predicted molar refractivity (Wildman–Crippen MR) is 103 cm³/mol. The minimum atomic E-state index is -0.405. The van der Waals surface area contributed by atoms with Crippen molar-refractivity contribution in [2.24, 2.45) is 0 Å². The first kappa shape index (κ1) is 19.2. The molecule has 0 unspecified atom stereocenters. The van der Waals surface area contributed by atoms with Gasteiger partial charge in [0.25, 0.3) is 17.2 Å². The molecule has 8 heteroatoms. The molecule has 0 fully saturated rings. The average Bonchev–Trinajstić information content (AvgIpc) is 2.87. The Hall–Kier alpha value is -3.55. The summed E-state index contributed by atoms with van der Waals surface area (Å²) in [4.78, 5) is 20.8. The van der Waals surface area contributed by atoms with Gasteiger partial charge < -0.3 is 0 Å². The quantitative estimate of drug-likeness (QED) is 0.370. The maximum absolute atomic E-state index is 10.8. The lowest BCUT2D eigenvalue weighted by atomic mass is 10.2. The average molecular weight is 381 g/mol. The maximum atomic E-state index is 10.8. The van der Waals surface area contributed by atoms with Crippen molar-refractivity contribution in [2.45, 2.75) is 33.9 Å². The van der Waals surface area contributed by atoms with Gasteiger partial charge >= 0.3 is 0 Å². The van der Waals surface area contributed by atoms with Gasteiger partial charge in [0.15, 0.2) is 0 Å². The topological polar surface area (TPSA) is 95.1 Å². The van der Waals surface area contributed by atoms with Gasteiger partial charge in [0.05, 0.1) is 9.85 Å². The van der Waals surface area contributed by atoms with Crippen LogP contribution in [0.2, 0.25) is 0 Å². The van der Waals surface area contributed by atoms with E-state index in [1.807, 2.05) is 20.8 Å². The number of nitro benzene ring substituents is 2. The minimum absolute atomic E-state index is 0.0779. The second-order valence-electron chi connectivity index (χ2n) is 6.74. The van der Waals surface area contributed by atoms with Gasteiger partial charge in [-0.25, -0.2) is 9.13 Å². The fourth-order valence-electron chi connectivity index (χ4n) is 3.30. The van der Waals surface area contributed by atoms with E-state index in [1.165, 1.54) is 24.3 Å². The Morgan fingerprint density at radius 3 is 1.75 bits per heavy atom. The van der Waals surface area contributed by atoms with E-state index in [9.17, 15) is 20.2 Å². The molecule has 0 aliphatic heterocycles. The molecule has 0 radical (unpaired) electrons. The van der Waals surface area contributed by atoms with Crippen LogP contribution in [-0.2, 0) is 13.1 Å². The molecule has 0 saturated heterocycles. The lowest BCUT2D eigenvalue weighted by Crippen LogP contribution is -2.39. The van der Waals surface area contributed by atoms with Crippen LogP contribution in [0.3, 0.4) is 0 Å². The summed E-state index contributed by atoms with van der Waals surface area (Å²) in [5, 5.41) is 21.6. The van der Waals surface area contributed by atoms with Crippen molar-refractivity contribution < 1.29 is 14.4 Å². The molecule has 0 aliphatic rings. The Balaban J connectivity index is 1.86. The highest BCUT2D eigenvalue weighted by Crippen LogP contribution is 2.17. The Kier molecular flexibility index (Phi) is 5.21. The number of non-ortho nitro benzene ring substituents is 2. The largest absolute Gasteiger partial charge is 0.269 e. The second-order valence-corrected chi connectivity index (χ2v) is 6.74. The number of nitrogens with zero attached hydrogens (tertiary/aromatic N) is 4. The highest BCUT2D eigenvalue weighted by molar-refractivity contribution is 5.34. The molecule has 0 saturated carbocycles. The van der Waals surface area contributed by atoms with E-state index in [2.05, 4.69) is 9.13 Å². The van der Waals surface area contributed by atoms with E-state index in [-0.39, 0.29) is 11.4 Å². The van der Waals surface area contributed by atoms with Crippen molar-refractivity contribution >= 4 is 11.4 Å². The van der Waals surface area contributed by atoms with Crippen molar-refractivity contribution in [2.75, 3.05) is 0 Å². The van der Waals surface area contributed by atoms with Crippen LogP contribution in [0.4, 0.5) is 11.4 Å². The number of aromatic nitrogens is 2. The van der Waals surface area contributed by atoms with Crippen molar-refractivity contribution in [3.63, 3.8) is 0 Å². The number of imidazole rings is 1. The van der Waals surface area contributed by atoms with Gasteiger partial charge in [-0.3, -0.25) is 20.2 Å². The number of nitro groups is 2. The van der Waals surface area contributed by atoms with Gasteiger partial charge in [-0.1, -0.05) is 0 Å². The molecule has 1 aromatic heterocycles. The third-order valence-corrected chi connectivity index (χ3v) is 5.09. The Labute approximate surface area is 162 Å². The Bertz CT molecular complexity index is 955. The highest BCUT2D eigenvalue weighted by atomic mass is 16.6. The summed E-state index contributed by atoms with van der Waals surface area (Å²) in [6, 6.07) is 13.1. The summed E-state index contributed by atoms with van der Waals surface area (Å²) < 4.78 is 4.34. The van der Waals surface area contributed by atoms with Crippen molar-refractivity contribution in [1.82, 2.24) is 4.57 Å². The summed E-state index contributed by atoms with van der Waals surface area (Å²) in [7, 11) is 0. The maximum Gasteiger partial charge on any atom is 0.269 e. The summed E-state index contributed by atoms with van der Waals surface area (Å²) in [6.07, 6.45) is 0. The molecule has 0 amide bonds. The fourth-order valence-corrected chi connectivity index (χ4v) is 3.30. The van der Waals surface area contributed by atoms with Crippen molar-refractivity contribution in [3.8, 4) is 0 Å². The molecule has 0 atom stereocenters. The molecule has 28 heavy (non-hydrogen) atoms. The van der Waals surface area contributed by atoms with E-state index in [4.69, 9.17) is 0 Å². The molecule has 2 aromatic carbocycles. The van der Waals surface area contributed by atoms with Crippen LogP contribution in [-0.4, -0.2) is 14.4 Å². The Morgan fingerprint density at radius 2 is 1.29 bits per heavy atom. The van der Waals surface area contributed by atoms with Crippen molar-refractivity contribution in [1.29, 1.82) is 0 Å². The fraction of sp³-hybridized carbons (Fsp3) is 0.250. The summed E-state index contributed by atoms with van der Waals surface area (Å²) >= 11 is 0. The molecule has 3 aromatic rings. The molecule has 3 rings (SSSR count). The third-order valence-electron chi connectivity index (χ3n) is 5.09. The molecular formula is C20H21N4O4+. The molecule has 0 N–H and O–H groups in total. The summed E-state index contributed by atoms with van der Waals surface area (Å²) in [5.74, 6) is 1.05. The zero-order valence-electron chi connectivity index (χ0n) is 16.0. The van der Waals surface area contributed by atoms with E-state index < -0.39 is 9.85 Å². The van der Waals surface area contributed by atoms with Gasteiger partial charge in [-0.15, -0.1) is 0 Å². The van der Waals surface area contributed by atoms with Crippen LogP contribution >= 0.6 is 0 Å². The molecule has 1 heterocycles. The first-order valence-corrected chi connectivity index (χ1v) is 8.80. The second kappa shape index (κ2) is 7.59. The molecular weight excluding hydrogens is 360 g/mol. The zero-order chi connectivity index (χ0) is 20.4. The van der Waals surface area contributed by atoms with Gasteiger partial charge in [-0.2, -0.15) is 0 Å². The first-order valence-electron chi connectivity index (χ1n) is 8.80. The Morgan fingerprint density at radius 1 is 0.821 bits per heavy atom. The monoisotopic (exact) mass is 381 g/mol. The standard InChI is InChI=1S/C20H21N4O4/c1-14-15(2)22(13-18-6-10-20(11-7-18)24(27)28)16(3)21(14)12-17-4-8-19(9-5-17)23(25)26/h4-11H,12-13H2,1-3H3/q+1. The van der Waals surface area contributed by atoms with Gasteiger partial charge in [0.1, 0.15) is 24.5 Å². The van der Waals surface area contributed by atoms with Crippen LogP contribution in [0.1, 0.15) is 28.3 Å².